The number of phenols is 1. The van der Waals surface area contributed by atoms with E-state index in [0.29, 0.717) is 5.75 Å². The minimum atomic E-state index is -1.51. The third kappa shape index (κ3) is 4.05. The molecule has 2 aromatic rings. The molecule has 2 aliphatic heterocycles. The van der Waals surface area contributed by atoms with Crippen LogP contribution < -0.4 is 14.2 Å². The first kappa shape index (κ1) is 21.4. The van der Waals surface area contributed by atoms with E-state index in [1.165, 1.54) is 19.1 Å². The number of benzene rings is 2. The van der Waals surface area contributed by atoms with Crippen LogP contribution in [0, 0.1) is 0 Å². The average molecular weight is 432 g/mol. The van der Waals surface area contributed by atoms with Crippen LogP contribution >= 0.6 is 0 Å². The van der Waals surface area contributed by atoms with Crippen LogP contribution in [-0.4, -0.2) is 64.0 Å². The van der Waals surface area contributed by atoms with Crippen molar-refractivity contribution in [3.8, 4) is 23.0 Å². The Morgan fingerprint density at radius 2 is 1.71 bits per heavy atom. The number of carbonyl (C=O) groups is 1. The molecule has 0 aromatic heterocycles. The molecular weight excluding hydrogens is 408 g/mol. The van der Waals surface area contributed by atoms with Crippen LogP contribution in [0.3, 0.4) is 0 Å². The Morgan fingerprint density at radius 3 is 2.39 bits per heavy atom. The SMILES string of the molecule is COc1ccc([C@H]2CC(=O)c3c(O)cc(O[C@@H]4O[C@H](C)[C@H](O)[C@H](O)[C@H]4O)cc3O2)cc1. The molecule has 166 valence electrons. The number of fused-ring (bicyclic) bond motifs is 1. The summed E-state index contributed by atoms with van der Waals surface area (Å²) in [5, 5.41) is 40.3. The van der Waals surface area contributed by atoms with Crippen molar-refractivity contribution in [2.75, 3.05) is 7.11 Å². The zero-order chi connectivity index (χ0) is 22.3. The van der Waals surface area contributed by atoms with Gasteiger partial charge in [-0.3, -0.25) is 4.79 Å². The molecule has 0 saturated carbocycles. The molecule has 0 unspecified atom stereocenters. The van der Waals surface area contributed by atoms with Gasteiger partial charge in [-0.15, -0.1) is 0 Å². The number of hydrogen-bond donors (Lipinski definition) is 4. The fraction of sp³-hybridized carbons (Fsp3) is 0.409. The lowest BCUT2D eigenvalue weighted by atomic mass is 9.95. The molecule has 9 heteroatoms. The molecule has 9 nitrogen and oxygen atoms in total. The maximum absolute atomic E-state index is 12.7. The molecule has 1 saturated heterocycles. The maximum Gasteiger partial charge on any atom is 0.229 e. The highest BCUT2D eigenvalue weighted by Crippen LogP contribution is 2.42. The topological polar surface area (TPSA) is 135 Å². The van der Waals surface area contributed by atoms with E-state index in [1.54, 1.807) is 31.4 Å². The number of hydrogen-bond acceptors (Lipinski definition) is 9. The zero-order valence-corrected chi connectivity index (χ0v) is 17.0. The summed E-state index contributed by atoms with van der Waals surface area (Å²) in [5.41, 5.74) is 0.814. The number of Topliss-reactive ketones (excluding diaryl/α,β-unsaturated/α-hetero) is 1. The predicted octanol–water partition coefficient (Wildman–Crippen LogP) is 1.31. The summed E-state index contributed by atoms with van der Waals surface area (Å²) < 4.78 is 22.1. The average Bonchev–Trinajstić information content (AvgIpc) is 2.75. The number of ketones is 1. The Balaban J connectivity index is 1.58. The lowest BCUT2D eigenvalue weighted by molar-refractivity contribution is -0.268. The molecule has 0 amide bonds. The van der Waals surface area contributed by atoms with Crippen molar-refractivity contribution in [2.24, 2.45) is 0 Å². The normalized spacial score (nSPS) is 30.3. The minimum absolute atomic E-state index is 0.0473. The predicted molar refractivity (Wildman–Crippen MR) is 106 cm³/mol. The standard InChI is InChI=1S/C22H24O9/c1-10-19(25)20(26)21(27)22(29-10)30-13-7-14(23)18-15(24)9-16(31-17(18)8-13)11-3-5-12(28-2)6-4-11/h3-8,10,16,19-23,25-27H,9H2,1-2H3/t10-,16-,19+,20+,21-,22+/m1/s1. The Morgan fingerprint density at radius 1 is 1.00 bits per heavy atom. The summed E-state index contributed by atoms with van der Waals surface area (Å²) in [4.78, 5) is 12.7. The molecule has 2 heterocycles. The molecule has 0 spiro atoms. The number of methoxy groups -OCH3 is 1. The van der Waals surface area contributed by atoms with Gasteiger partial charge in [-0.1, -0.05) is 12.1 Å². The van der Waals surface area contributed by atoms with E-state index in [4.69, 9.17) is 18.9 Å². The van der Waals surface area contributed by atoms with E-state index in [9.17, 15) is 25.2 Å². The van der Waals surface area contributed by atoms with Crippen molar-refractivity contribution in [2.45, 2.75) is 50.2 Å². The fourth-order valence-corrected chi connectivity index (χ4v) is 3.73. The maximum atomic E-state index is 12.7. The van der Waals surface area contributed by atoms with Crippen LogP contribution in [0.4, 0.5) is 0 Å². The molecule has 4 rings (SSSR count). The fourth-order valence-electron chi connectivity index (χ4n) is 3.73. The van der Waals surface area contributed by atoms with E-state index in [1.807, 2.05) is 0 Å². The van der Waals surface area contributed by atoms with Crippen LogP contribution in [0.15, 0.2) is 36.4 Å². The number of aliphatic hydroxyl groups is 3. The largest absolute Gasteiger partial charge is 0.507 e. The quantitative estimate of drug-likeness (QED) is 0.564. The van der Waals surface area contributed by atoms with Gasteiger partial charge in [-0.05, 0) is 24.6 Å². The Kier molecular flexibility index (Phi) is 5.76. The number of aromatic hydroxyl groups is 1. The summed E-state index contributed by atoms with van der Waals surface area (Å²) in [5.74, 6) is 0.259. The first-order chi connectivity index (χ1) is 14.8. The third-order valence-corrected chi connectivity index (χ3v) is 5.52. The molecule has 0 bridgehead atoms. The zero-order valence-electron chi connectivity index (χ0n) is 17.0. The van der Waals surface area contributed by atoms with Crippen molar-refractivity contribution in [1.29, 1.82) is 0 Å². The molecule has 0 aliphatic carbocycles. The highest BCUT2D eigenvalue weighted by atomic mass is 16.7. The number of carbonyl (C=O) groups excluding carboxylic acids is 1. The molecular formula is C22H24O9. The first-order valence-corrected chi connectivity index (χ1v) is 9.85. The van der Waals surface area contributed by atoms with Crippen LogP contribution in [-0.2, 0) is 4.74 Å². The van der Waals surface area contributed by atoms with Crippen molar-refractivity contribution < 1.29 is 44.2 Å². The minimum Gasteiger partial charge on any atom is -0.507 e. The van der Waals surface area contributed by atoms with Crippen LogP contribution in [0.25, 0.3) is 0 Å². The van der Waals surface area contributed by atoms with Crippen LogP contribution in [0.2, 0.25) is 0 Å². The second-order valence-corrected chi connectivity index (χ2v) is 7.62. The van der Waals surface area contributed by atoms with E-state index in [2.05, 4.69) is 0 Å². The van der Waals surface area contributed by atoms with Gasteiger partial charge in [-0.25, -0.2) is 0 Å². The highest BCUT2D eigenvalue weighted by molar-refractivity contribution is 6.02. The highest BCUT2D eigenvalue weighted by Gasteiger charge is 2.43. The van der Waals surface area contributed by atoms with E-state index in [0.717, 1.165) is 5.56 Å². The van der Waals surface area contributed by atoms with Gasteiger partial charge in [-0.2, -0.15) is 0 Å². The second kappa shape index (κ2) is 8.35. The molecule has 0 radical (unpaired) electrons. The van der Waals surface area contributed by atoms with Gasteiger partial charge >= 0.3 is 0 Å². The number of ether oxygens (including phenoxy) is 4. The third-order valence-electron chi connectivity index (χ3n) is 5.52. The van der Waals surface area contributed by atoms with Crippen molar-refractivity contribution >= 4 is 5.78 Å². The van der Waals surface area contributed by atoms with Gasteiger partial charge in [0.2, 0.25) is 6.29 Å². The monoisotopic (exact) mass is 432 g/mol. The van der Waals surface area contributed by atoms with Gasteiger partial charge < -0.3 is 39.4 Å². The smallest absolute Gasteiger partial charge is 0.229 e. The lowest BCUT2D eigenvalue weighted by Crippen LogP contribution is -2.58. The van der Waals surface area contributed by atoms with Gasteiger partial charge in [0.15, 0.2) is 5.78 Å². The molecule has 4 N–H and O–H groups in total. The Hall–Kier alpha value is -2.85. The van der Waals surface area contributed by atoms with E-state index >= 15 is 0 Å². The van der Waals surface area contributed by atoms with Gasteiger partial charge in [0.05, 0.1) is 19.6 Å². The van der Waals surface area contributed by atoms with E-state index < -0.39 is 36.8 Å². The van der Waals surface area contributed by atoms with Gasteiger partial charge in [0, 0.05) is 12.1 Å². The van der Waals surface area contributed by atoms with Gasteiger partial charge in [0.1, 0.15) is 53.0 Å². The lowest BCUT2D eigenvalue weighted by Gasteiger charge is -2.39. The summed E-state index contributed by atoms with van der Waals surface area (Å²) in [7, 11) is 1.56. The van der Waals surface area contributed by atoms with Crippen molar-refractivity contribution in [3.63, 3.8) is 0 Å². The number of phenolic OH excluding ortho intramolecular Hbond substituents is 1. The molecule has 2 aromatic carbocycles. The number of rotatable bonds is 4. The summed E-state index contributed by atoms with van der Waals surface area (Å²) >= 11 is 0. The van der Waals surface area contributed by atoms with Crippen molar-refractivity contribution in [1.82, 2.24) is 0 Å². The Bertz CT molecular complexity index is 958. The number of aliphatic hydroxyl groups excluding tert-OH is 3. The van der Waals surface area contributed by atoms with Gasteiger partial charge in [0.25, 0.3) is 0 Å². The molecule has 1 fully saturated rings. The Labute approximate surface area is 178 Å². The summed E-state index contributed by atoms with van der Waals surface area (Å²) in [6.07, 6.45) is -6.82. The second-order valence-electron chi connectivity index (χ2n) is 7.62. The van der Waals surface area contributed by atoms with Crippen LogP contribution in [0.5, 0.6) is 23.0 Å². The van der Waals surface area contributed by atoms with Crippen LogP contribution in [0.1, 0.15) is 35.4 Å². The summed E-state index contributed by atoms with van der Waals surface area (Å²) in [6, 6.07) is 9.74. The summed E-state index contributed by atoms with van der Waals surface area (Å²) in [6.45, 7) is 1.53. The van der Waals surface area contributed by atoms with Crippen molar-refractivity contribution in [3.05, 3.63) is 47.5 Å². The molecule has 31 heavy (non-hydrogen) atoms. The molecule has 2 aliphatic rings. The first-order valence-electron chi connectivity index (χ1n) is 9.85. The molecule has 6 atom stereocenters. The van der Waals surface area contributed by atoms with E-state index in [-0.39, 0.29) is 35.0 Å².